The molecule has 6 heteroatoms. The molecule has 2 N–H and O–H groups in total. The third-order valence-electron chi connectivity index (χ3n) is 5.90. The number of fused-ring (bicyclic) bond motifs is 1. The number of nitrogens with one attached hydrogen (secondary N) is 1. The molecule has 4 rings (SSSR count). The summed E-state index contributed by atoms with van der Waals surface area (Å²) in [7, 11) is 0. The average Bonchev–Trinajstić information content (AvgIpc) is 3.15. The zero-order valence-corrected chi connectivity index (χ0v) is 17.4. The number of furan rings is 1. The molecule has 2 heterocycles. The number of pyridine rings is 1. The molecule has 0 atom stereocenters. The van der Waals surface area contributed by atoms with Crippen LogP contribution in [-0.2, 0) is 0 Å². The van der Waals surface area contributed by atoms with Crippen LogP contribution in [0.25, 0.3) is 22.2 Å². The monoisotopic (exact) mass is 412 g/mol. The van der Waals surface area contributed by atoms with Crippen LogP contribution in [0.5, 0.6) is 0 Å². The van der Waals surface area contributed by atoms with E-state index in [0.717, 1.165) is 42.3 Å². The zero-order valence-electron chi connectivity index (χ0n) is 16.6. The van der Waals surface area contributed by atoms with Crippen LogP contribution in [0.2, 0.25) is 5.15 Å². The zero-order chi connectivity index (χ0) is 20.6. The van der Waals surface area contributed by atoms with E-state index in [2.05, 4.69) is 10.3 Å². The van der Waals surface area contributed by atoms with Crippen molar-refractivity contribution in [3.8, 4) is 11.3 Å². The Balaban J connectivity index is 1.44. The Hall–Kier alpha value is -2.37. The van der Waals surface area contributed by atoms with E-state index in [1.165, 1.54) is 0 Å². The molecule has 1 aromatic carbocycles. The van der Waals surface area contributed by atoms with Crippen LogP contribution in [0.4, 0.5) is 0 Å². The fraction of sp³-hybridized carbons (Fsp3) is 0.391. The van der Waals surface area contributed by atoms with Crippen LogP contribution in [0, 0.1) is 5.92 Å². The Bertz CT molecular complexity index is 1010. The van der Waals surface area contributed by atoms with Crippen molar-refractivity contribution in [2.75, 3.05) is 0 Å². The molecular weight excluding hydrogens is 388 g/mol. The lowest BCUT2D eigenvalue weighted by Gasteiger charge is -2.36. The van der Waals surface area contributed by atoms with Crippen molar-refractivity contribution in [1.29, 1.82) is 0 Å². The number of benzene rings is 1. The normalized spacial score (nSPS) is 20.0. The number of aromatic nitrogens is 1. The van der Waals surface area contributed by atoms with Crippen molar-refractivity contribution < 1.29 is 14.3 Å². The lowest BCUT2D eigenvalue weighted by molar-refractivity contribution is -0.00257. The molecule has 3 aromatic rings. The van der Waals surface area contributed by atoms with Gasteiger partial charge in [-0.1, -0.05) is 23.7 Å². The summed E-state index contributed by atoms with van der Waals surface area (Å²) in [5.74, 6) is 0.218. The van der Waals surface area contributed by atoms with Gasteiger partial charge in [-0.25, -0.2) is 4.98 Å². The minimum Gasteiger partial charge on any atom is -0.464 e. The predicted octanol–water partition coefficient (Wildman–Crippen LogP) is 5.21. The molecule has 29 heavy (non-hydrogen) atoms. The van der Waals surface area contributed by atoms with Gasteiger partial charge >= 0.3 is 0 Å². The van der Waals surface area contributed by atoms with Crippen LogP contribution < -0.4 is 5.32 Å². The molecule has 1 aliphatic carbocycles. The Morgan fingerprint density at radius 3 is 2.52 bits per heavy atom. The van der Waals surface area contributed by atoms with E-state index in [9.17, 15) is 9.90 Å². The molecule has 0 unspecified atom stereocenters. The van der Waals surface area contributed by atoms with Gasteiger partial charge in [0.15, 0.2) is 0 Å². The third-order valence-corrected chi connectivity index (χ3v) is 6.09. The van der Waals surface area contributed by atoms with E-state index in [0.29, 0.717) is 22.2 Å². The number of nitrogens with zero attached hydrogens (tertiary/aromatic N) is 1. The molecule has 0 radical (unpaired) electrons. The Kier molecular flexibility index (Phi) is 5.36. The van der Waals surface area contributed by atoms with Crippen LogP contribution in [0.3, 0.4) is 0 Å². The molecule has 1 amide bonds. The molecule has 152 valence electrons. The van der Waals surface area contributed by atoms with Gasteiger partial charge in [-0.15, -0.1) is 0 Å². The first-order valence-electron chi connectivity index (χ1n) is 9.98. The lowest BCUT2D eigenvalue weighted by atomic mass is 9.77. The Morgan fingerprint density at radius 1 is 1.17 bits per heavy atom. The predicted molar refractivity (Wildman–Crippen MR) is 114 cm³/mol. The molecule has 2 aromatic heterocycles. The minimum absolute atomic E-state index is 0.0734. The van der Waals surface area contributed by atoms with Crippen LogP contribution in [-0.4, -0.2) is 27.6 Å². The van der Waals surface area contributed by atoms with Crippen molar-refractivity contribution in [3.63, 3.8) is 0 Å². The molecule has 0 bridgehead atoms. The summed E-state index contributed by atoms with van der Waals surface area (Å²) in [4.78, 5) is 17.1. The van der Waals surface area contributed by atoms with Gasteiger partial charge < -0.3 is 14.8 Å². The lowest BCUT2D eigenvalue weighted by Crippen LogP contribution is -2.41. The second kappa shape index (κ2) is 7.81. The Morgan fingerprint density at radius 2 is 1.86 bits per heavy atom. The van der Waals surface area contributed by atoms with Crippen molar-refractivity contribution in [2.24, 2.45) is 5.92 Å². The average molecular weight is 413 g/mol. The van der Waals surface area contributed by atoms with Crippen molar-refractivity contribution >= 4 is 28.5 Å². The summed E-state index contributed by atoms with van der Waals surface area (Å²) >= 11 is 6.11. The highest BCUT2D eigenvalue weighted by Crippen LogP contribution is 2.33. The number of amides is 1. The first-order valence-corrected chi connectivity index (χ1v) is 10.4. The van der Waals surface area contributed by atoms with E-state index in [1.807, 2.05) is 44.2 Å². The third kappa shape index (κ3) is 4.31. The first-order chi connectivity index (χ1) is 13.8. The fourth-order valence-electron chi connectivity index (χ4n) is 4.15. The van der Waals surface area contributed by atoms with Gasteiger partial charge in [0.1, 0.15) is 10.7 Å². The SMILES string of the molecule is CC(C)(O)[C@H]1CC[C@H](NC(=O)c2ccc(-c3nc(Cl)cc4occc34)cc2)CC1. The fourth-order valence-corrected chi connectivity index (χ4v) is 4.33. The van der Waals surface area contributed by atoms with Gasteiger partial charge in [0.25, 0.3) is 5.91 Å². The summed E-state index contributed by atoms with van der Waals surface area (Å²) in [5, 5.41) is 14.6. The Labute approximate surface area is 175 Å². The second-order valence-electron chi connectivity index (χ2n) is 8.38. The number of hydrogen-bond donors (Lipinski definition) is 2. The smallest absolute Gasteiger partial charge is 0.251 e. The van der Waals surface area contributed by atoms with E-state index >= 15 is 0 Å². The highest BCUT2D eigenvalue weighted by molar-refractivity contribution is 6.30. The molecular formula is C23H25ClN2O3. The summed E-state index contributed by atoms with van der Waals surface area (Å²) in [5.41, 5.74) is 2.26. The second-order valence-corrected chi connectivity index (χ2v) is 8.77. The molecule has 0 saturated heterocycles. The van der Waals surface area contributed by atoms with Gasteiger partial charge in [0, 0.05) is 28.6 Å². The summed E-state index contributed by atoms with van der Waals surface area (Å²) in [6, 6.07) is 11.1. The molecule has 1 aliphatic rings. The number of carbonyl (C=O) groups excluding carboxylic acids is 1. The quantitative estimate of drug-likeness (QED) is 0.577. The molecule has 1 saturated carbocycles. The van der Waals surface area contributed by atoms with E-state index < -0.39 is 5.60 Å². The maximum atomic E-state index is 12.7. The summed E-state index contributed by atoms with van der Waals surface area (Å²) in [6.07, 6.45) is 5.25. The topological polar surface area (TPSA) is 75.4 Å². The van der Waals surface area contributed by atoms with Crippen LogP contribution in [0.1, 0.15) is 49.9 Å². The van der Waals surface area contributed by atoms with Crippen LogP contribution in [0.15, 0.2) is 47.1 Å². The summed E-state index contributed by atoms with van der Waals surface area (Å²) < 4.78 is 5.43. The largest absolute Gasteiger partial charge is 0.464 e. The standard InChI is InChI=1S/C23H25ClN2O3/c1-23(2,28)16-7-9-17(10-8-16)25-22(27)15-5-3-14(4-6-15)21-18-11-12-29-19(18)13-20(24)26-21/h3-6,11-13,16-17,28H,7-10H2,1-2H3,(H,25,27)/t16-,17-. The van der Waals surface area contributed by atoms with Gasteiger partial charge in [0.05, 0.1) is 17.6 Å². The number of hydrogen-bond acceptors (Lipinski definition) is 4. The molecule has 0 spiro atoms. The van der Waals surface area contributed by atoms with Crippen molar-refractivity contribution in [1.82, 2.24) is 10.3 Å². The van der Waals surface area contributed by atoms with Gasteiger partial charge in [-0.2, -0.15) is 0 Å². The van der Waals surface area contributed by atoms with Crippen molar-refractivity contribution in [2.45, 2.75) is 51.2 Å². The van der Waals surface area contributed by atoms with E-state index in [1.54, 1.807) is 12.3 Å². The number of aliphatic hydroxyl groups is 1. The minimum atomic E-state index is -0.653. The number of carbonyl (C=O) groups is 1. The highest BCUT2D eigenvalue weighted by atomic mass is 35.5. The molecule has 5 nitrogen and oxygen atoms in total. The number of rotatable bonds is 4. The first kappa shape index (κ1) is 19.9. The van der Waals surface area contributed by atoms with Crippen molar-refractivity contribution in [3.05, 3.63) is 53.4 Å². The maximum Gasteiger partial charge on any atom is 0.251 e. The van der Waals surface area contributed by atoms with Gasteiger partial charge in [0.2, 0.25) is 0 Å². The molecule has 1 fully saturated rings. The van der Waals surface area contributed by atoms with E-state index in [-0.39, 0.29) is 11.9 Å². The maximum absolute atomic E-state index is 12.7. The van der Waals surface area contributed by atoms with Crippen LogP contribution >= 0.6 is 11.6 Å². The van der Waals surface area contributed by atoms with E-state index in [4.69, 9.17) is 16.0 Å². The number of halogens is 1. The van der Waals surface area contributed by atoms with Gasteiger partial charge in [-0.3, -0.25) is 4.79 Å². The highest BCUT2D eigenvalue weighted by Gasteiger charge is 2.31. The van der Waals surface area contributed by atoms with Gasteiger partial charge in [-0.05, 0) is 63.6 Å². The summed E-state index contributed by atoms with van der Waals surface area (Å²) in [6.45, 7) is 3.73. The molecule has 0 aliphatic heterocycles.